The minimum Gasteiger partial charge on any atom is -0.482 e. The van der Waals surface area contributed by atoms with Crippen molar-refractivity contribution in [3.05, 3.63) is 24.3 Å². The van der Waals surface area contributed by atoms with Crippen molar-refractivity contribution in [2.24, 2.45) is 0 Å². The van der Waals surface area contributed by atoms with Crippen LogP contribution in [0.5, 0.6) is 5.75 Å². The van der Waals surface area contributed by atoms with Gasteiger partial charge in [0.15, 0.2) is 6.61 Å². The Labute approximate surface area is 93.1 Å². The lowest BCUT2D eigenvalue weighted by Gasteiger charge is -2.25. The number of anilines is 1. The van der Waals surface area contributed by atoms with E-state index in [0.29, 0.717) is 24.7 Å². The van der Waals surface area contributed by atoms with E-state index in [2.05, 4.69) is 0 Å². The molecule has 0 bridgehead atoms. The minimum atomic E-state index is -0.393. The maximum atomic E-state index is 11.3. The van der Waals surface area contributed by atoms with E-state index in [1.165, 1.54) is 0 Å². The zero-order valence-corrected chi connectivity index (χ0v) is 8.72. The van der Waals surface area contributed by atoms with Crippen molar-refractivity contribution in [2.45, 2.75) is 6.10 Å². The molecule has 2 N–H and O–H groups in total. The standard InChI is InChI=1S/C11H13NO4/c12-8-2-1-3-9(4-8)15-7-11(13)16-10-5-14-6-10/h1-4,10H,5-7,12H2. The smallest absolute Gasteiger partial charge is 0.344 e. The fourth-order valence-electron chi connectivity index (χ4n) is 1.25. The number of ether oxygens (including phenoxy) is 3. The molecule has 1 aliphatic heterocycles. The molecule has 5 nitrogen and oxygen atoms in total. The molecule has 1 fully saturated rings. The van der Waals surface area contributed by atoms with Crippen LogP contribution in [0.3, 0.4) is 0 Å². The van der Waals surface area contributed by atoms with Crippen LogP contribution in [0.4, 0.5) is 5.69 Å². The monoisotopic (exact) mass is 223 g/mol. The third-order valence-corrected chi connectivity index (χ3v) is 2.12. The molecule has 5 heteroatoms. The Bertz CT molecular complexity index is 376. The summed E-state index contributed by atoms with van der Waals surface area (Å²) in [5.41, 5.74) is 6.16. The third-order valence-electron chi connectivity index (χ3n) is 2.12. The number of carbonyl (C=O) groups excluding carboxylic acids is 1. The highest BCUT2D eigenvalue weighted by molar-refractivity contribution is 5.71. The van der Waals surface area contributed by atoms with Gasteiger partial charge in [0.1, 0.15) is 11.9 Å². The molecule has 0 aromatic heterocycles. The van der Waals surface area contributed by atoms with E-state index in [0.717, 1.165) is 0 Å². The lowest BCUT2D eigenvalue weighted by molar-refractivity contribution is -0.174. The SMILES string of the molecule is Nc1cccc(OCC(=O)OC2COC2)c1. The van der Waals surface area contributed by atoms with Crippen LogP contribution in [0, 0.1) is 0 Å². The molecule has 86 valence electrons. The van der Waals surface area contributed by atoms with Gasteiger partial charge in [0.25, 0.3) is 0 Å². The maximum absolute atomic E-state index is 11.3. The number of nitrogens with two attached hydrogens (primary N) is 1. The molecule has 0 unspecified atom stereocenters. The van der Waals surface area contributed by atoms with Crippen LogP contribution in [0.15, 0.2) is 24.3 Å². The van der Waals surface area contributed by atoms with E-state index in [-0.39, 0.29) is 12.7 Å². The minimum absolute atomic E-state index is 0.111. The van der Waals surface area contributed by atoms with E-state index >= 15 is 0 Å². The molecule has 0 radical (unpaired) electrons. The topological polar surface area (TPSA) is 70.8 Å². The van der Waals surface area contributed by atoms with Gasteiger partial charge in [-0.1, -0.05) is 6.07 Å². The summed E-state index contributed by atoms with van der Waals surface area (Å²) in [6.07, 6.45) is -0.114. The molecule has 1 saturated heterocycles. The van der Waals surface area contributed by atoms with Gasteiger partial charge >= 0.3 is 5.97 Å². The van der Waals surface area contributed by atoms with Gasteiger partial charge in [-0.2, -0.15) is 0 Å². The molecule has 0 saturated carbocycles. The first kappa shape index (κ1) is 10.8. The van der Waals surface area contributed by atoms with Gasteiger partial charge in [-0.25, -0.2) is 4.79 Å². The van der Waals surface area contributed by atoms with Gasteiger partial charge < -0.3 is 19.9 Å². The Hall–Kier alpha value is -1.75. The molecule has 0 amide bonds. The predicted octanol–water partition coefficient (Wildman–Crippen LogP) is 0.590. The molecule has 1 aromatic rings. The number of hydrogen-bond acceptors (Lipinski definition) is 5. The van der Waals surface area contributed by atoms with E-state index in [9.17, 15) is 4.79 Å². The first-order valence-electron chi connectivity index (χ1n) is 4.99. The summed E-state index contributed by atoms with van der Waals surface area (Å²) in [5.74, 6) is 0.164. The number of hydrogen-bond donors (Lipinski definition) is 1. The summed E-state index contributed by atoms with van der Waals surface area (Å²) >= 11 is 0. The van der Waals surface area contributed by atoms with Crippen molar-refractivity contribution in [1.29, 1.82) is 0 Å². The van der Waals surface area contributed by atoms with Crippen molar-refractivity contribution in [2.75, 3.05) is 25.6 Å². The van der Waals surface area contributed by atoms with Crippen LogP contribution < -0.4 is 10.5 Å². The average molecular weight is 223 g/mol. The van der Waals surface area contributed by atoms with Gasteiger partial charge in [0.05, 0.1) is 13.2 Å². The Morgan fingerprint density at radius 3 is 2.94 bits per heavy atom. The van der Waals surface area contributed by atoms with Crippen molar-refractivity contribution in [3.63, 3.8) is 0 Å². The van der Waals surface area contributed by atoms with Crippen LogP contribution in [0.2, 0.25) is 0 Å². The van der Waals surface area contributed by atoms with Gasteiger partial charge in [0, 0.05) is 11.8 Å². The summed E-state index contributed by atoms with van der Waals surface area (Å²) in [4.78, 5) is 11.3. The van der Waals surface area contributed by atoms with Crippen LogP contribution >= 0.6 is 0 Å². The second kappa shape index (κ2) is 4.85. The zero-order valence-electron chi connectivity index (χ0n) is 8.72. The summed E-state index contributed by atoms with van der Waals surface area (Å²) < 4.78 is 15.1. The highest BCUT2D eigenvalue weighted by Crippen LogP contribution is 2.14. The maximum Gasteiger partial charge on any atom is 0.344 e. The molecule has 1 aliphatic rings. The largest absolute Gasteiger partial charge is 0.482 e. The fraction of sp³-hybridized carbons (Fsp3) is 0.364. The average Bonchev–Trinajstić information content (AvgIpc) is 2.21. The van der Waals surface area contributed by atoms with Gasteiger partial charge in [0.2, 0.25) is 0 Å². The molecular formula is C11H13NO4. The molecule has 0 atom stereocenters. The molecular weight excluding hydrogens is 210 g/mol. The molecule has 0 aliphatic carbocycles. The summed E-state index contributed by atoms with van der Waals surface area (Å²) in [6.45, 7) is 0.841. The second-order valence-corrected chi connectivity index (χ2v) is 3.51. The number of nitrogen functional groups attached to an aromatic ring is 1. The van der Waals surface area contributed by atoms with E-state index in [1.807, 2.05) is 0 Å². The number of benzene rings is 1. The van der Waals surface area contributed by atoms with Crippen LogP contribution in [-0.4, -0.2) is 31.9 Å². The first-order chi connectivity index (χ1) is 7.74. The first-order valence-corrected chi connectivity index (χ1v) is 4.99. The summed E-state index contributed by atoms with van der Waals surface area (Å²) in [5, 5.41) is 0. The summed E-state index contributed by atoms with van der Waals surface area (Å²) in [7, 11) is 0. The number of carbonyl (C=O) groups is 1. The number of esters is 1. The lowest BCUT2D eigenvalue weighted by atomic mass is 10.3. The molecule has 16 heavy (non-hydrogen) atoms. The van der Waals surface area contributed by atoms with Crippen molar-refractivity contribution >= 4 is 11.7 Å². The Morgan fingerprint density at radius 1 is 1.50 bits per heavy atom. The fourth-order valence-corrected chi connectivity index (χ4v) is 1.25. The Morgan fingerprint density at radius 2 is 2.31 bits per heavy atom. The zero-order chi connectivity index (χ0) is 11.4. The van der Waals surface area contributed by atoms with Gasteiger partial charge in [-0.15, -0.1) is 0 Å². The van der Waals surface area contributed by atoms with Crippen molar-refractivity contribution in [3.8, 4) is 5.75 Å². The van der Waals surface area contributed by atoms with E-state index in [1.54, 1.807) is 24.3 Å². The van der Waals surface area contributed by atoms with Gasteiger partial charge in [-0.3, -0.25) is 0 Å². The van der Waals surface area contributed by atoms with E-state index < -0.39 is 5.97 Å². The van der Waals surface area contributed by atoms with Crippen molar-refractivity contribution in [1.82, 2.24) is 0 Å². The predicted molar refractivity (Wildman–Crippen MR) is 57.0 cm³/mol. The molecule has 1 heterocycles. The summed E-state index contributed by atoms with van der Waals surface area (Å²) in [6, 6.07) is 6.89. The van der Waals surface area contributed by atoms with Crippen LogP contribution in [0.1, 0.15) is 0 Å². The van der Waals surface area contributed by atoms with E-state index in [4.69, 9.17) is 19.9 Å². The Kier molecular flexibility index (Phi) is 3.26. The third kappa shape index (κ3) is 2.87. The molecule has 0 spiro atoms. The van der Waals surface area contributed by atoms with Gasteiger partial charge in [-0.05, 0) is 12.1 Å². The lowest BCUT2D eigenvalue weighted by Crippen LogP contribution is -2.38. The van der Waals surface area contributed by atoms with Crippen LogP contribution in [-0.2, 0) is 14.3 Å². The molecule has 2 rings (SSSR count). The highest BCUT2D eigenvalue weighted by atomic mass is 16.6. The normalized spacial score (nSPS) is 15.2. The Balaban J connectivity index is 1.75. The highest BCUT2D eigenvalue weighted by Gasteiger charge is 2.22. The van der Waals surface area contributed by atoms with Crippen LogP contribution in [0.25, 0.3) is 0 Å². The molecule has 1 aromatic carbocycles. The number of rotatable bonds is 4. The quantitative estimate of drug-likeness (QED) is 0.597. The second-order valence-electron chi connectivity index (χ2n) is 3.51. The van der Waals surface area contributed by atoms with Crippen molar-refractivity contribution < 1.29 is 19.0 Å².